The number of carbonyl (C=O) groups excluding carboxylic acids is 4. The fourth-order valence-corrected chi connectivity index (χ4v) is 2.82. The number of amides is 4. The zero-order valence-electron chi connectivity index (χ0n) is 16.8. The van der Waals surface area contributed by atoms with Gasteiger partial charge in [-0.25, -0.2) is 0 Å². The van der Waals surface area contributed by atoms with Crippen LogP contribution in [-0.2, 0) is 0 Å². The normalized spacial score (nSPS) is 11.2. The Morgan fingerprint density at radius 1 is 0.750 bits per heavy atom. The average molecular weight is 432 g/mol. The summed E-state index contributed by atoms with van der Waals surface area (Å²) in [4.78, 5) is 55.2. The Hall–Kier alpha value is -4.60. The molecule has 6 N–H and O–H groups in total. The van der Waals surface area contributed by atoms with Crippen LogP contribution in [0.15, 0.2) is 67.0 Å². The number of hydrogen-bond donors (Lipinski definition) is 4. The second-order valence-corrected chi connectivity index (χ2v) is 6.74. The van der Waals surface area contributed by atoms with Gasteiger partial charge in [-0.15, -0.1) is 0 Å². The van der Waals surface area contributed by atoms with Crippen molar-refractivity contribution < 1.29 is 19.2 Å². The van der Waals surface area contributed by atoms with Gasteiger partial charge in [0.2, 0.25) is 0 Å². The zero-order valence-corrected chi connectivity index (χ0v) is 16.8. The molecule has 162 valence electrons. The van der Waals surface area contributed by atoms with Crippen molar-refractivity contribution >= 4 is 23.6 Å². The predicted molar refractivity (Wildman–Crippen MR) is 114 cm³/mol. The van der Waals surface area contributed by atoms with E-state index in [1.54, 1.807) is 0 Å². The van der Waals surface area contributed by atoms with E-state index in [2.05, 4.69) is 20.6 Å². The van der Waals surface area contributed by atoms with E-state index in [9.17, 15) is 19.2 Å². The van der Waals surface area contributed by atoms with Gasteiger partial charge in [0.1, 0.15) is 11.4 Å². The van der Waals surface area contributed by atoms with Crippen molar-refractivity contribution in [3.05, 3.63) is 95.1 Å². The maximum Gasteiger partial charge on any atom is 0.267 e. The minimum absolute atomic E-state index is 0.0457. The van der Waals surface area contributed by atoms with Gasteiger partial charge in [0, 0.05) is 18.9 Å². The average Bonchev–Trinajstić information content (AvgIpc) is 2.82. The number of pyridine rings is 2. The van der Waals surface area contributed by atoms with E-state index in [1.807, 2.05) is 30.3 Å². The highest BCUT2D eigenvalue weighted by Gasteiger charge is 2.18. The molecule has 1 atom stereocenters. The zero-order chi connectivity index (χ0) is 23.1. The van der Waals surface area contributed by atoms with Crippen molar-refractivity contribution in [2.45, 2.75) is 6.04 Å². The molecule has 0 radical (unpaired) electrons. The Morgan fingerprint density at radius 2 is 1.28 bits per heavy atom. The molecule has 0 saturated heterocycles. The molecule has 2 aromatic heterocycles. The monoisotopic (exact) mass is 432 g/mol. The number of nitrogens with zero attached hydrogens (tertiary/aromatic N) is 2. The Labute approximate surface area is 183 Å². The summed E-state index contributed by atoms with van der Waals surface area (Å²) in [6.07, 6.45) is 2.50. The number of benzene rings is 1. The smallest absolute Gasteiger partial charge is 0.267 e. The topological polar surface area (TPSA) is 170 Å². The molecule has 0 fully saturated rings. The molecule has 0 aliphatic heterocycles. The predicted octanol–water partition coefficient (Wildman–Crippen LogP) is 0.575. The lowest BCUT2D eigenvalue weighted by Crippen LogP contribution is -2.38. The van der Waals surface area contributed by atoms with Gasteiger partial charge in [0.05, 0.1) is 17.2 Å². The van der Waals surface area contributed by atoms with Gasteiger partial charge in [-0.2, -0.15) is 0 Å². The first kappa shape index (κ1) is 22.1. The highest BCUT2D eigenvalue weighted by molar-refractivity contribution is 5.97. The second kappa shape index (κ2) is 9.94. The van der Waals surface area contributed by atoms with Crippen LogP contribution in [0, 0.1) is 0 Å². The summed E-state index contributed by atoms with van der Waals surface area (Å²) in [6, 6.07) is 14.1. The first-order valence-corrected chi connectivity index (χ1v) is 9.51. The lowest BCUT2D eigenvalue weighted by molar-refractivity contribution is 0.0908. The molecule has 3 rings (SSSR count). The summed E-state index contributed by atoms with van der Waals surface area (Å²) in [5, 5.41) is 5.58. The number of carbonyl (C=O) groups is 4. The molecule has 0 aliphatic carbocycles. The summed E-state index contributed by atoms with van der Waals surface area (Å²) >= 11 is 0. The van der Waals surface area contributed by atoms with Crippen LogP contribution < -0.4 is 22.1 Å². The molecule has 2 heterocycles. The Bertz CT molecular complexity index is 1130. The number of nitrogens with one attached hydrogen (secondary N) is 2. The van der Waals surface area contributed by atoms with Crippen molar-refractivity contribution in [1.29, 1.82) is 0 Å². The molecule has 0 saturated carbocycles. The number of aromatic nitrogens is 2. The van der Waals surface area contributed by atoms with Crippen LogP contribution in [0.1, 0.15) is 53.3 Å². The summed E-state index contributed by atoms with van der Waals surface area (Å²) in [6.45, 7) is 0.0823. The van der Waals surface area contributed by atoms with Crippen molar-refractivity contribution in [3.8, 4) is 0 Å². The van der Waals surface area contributed by atoms with Crippen LogP contribution in [0.25, 0.3) is 0 Å². The third-order valence-corrected chi connectivity index (χ3v) is 4.53. The van der Waals surface area contributed by atoms with Crippen molar-refractivity contribution in [3.63, 3.8) is 0 Å². The van der Waals surface area contributed by atoms with Gasteiger partial charge in [-0.3, -0.25) is 29.1 Å². The molecule has 10 nitrogen and oxygen atoms in total. The maximum absolute atomic E-state index is 12.7. The molecule has 32 heavy (non-hydrogen) atoms. The second-order valence-electron chi connectivity index (χ2n) is 6.74. The van der Waals surface area contributed by atoms with E-state index in [0.29, 0.717) is 0 Å². The largest absolute Gasteiger partial charge is 0.364 e. The Morgan fingerprint density at radius 3 is 1.75 bits per heavy atom. The maximum atomic E-state index is 12.7. The molecule has 0 bridgehead atoms. The Kier molecular flexibility index (Phi) is 6.86. The molecular formula is C22H20N6O4. The lowest BCUT2D eigenvalue weighted by atomic mass is 10.1. The first-order valence-electron chi connectivity index (χ1n) is 9.51. The van der Waals surface area contributed by atoms with Gasteiger partial charge >= 0.3 is 0 Å². The van der Waals surface area contributed by atoms with Gasteiger partial charge in [-0.05, 0) is 29.8 Å². The van der Waals surface area contributed by atoms with Crippen molar-refractivity contribution in [2.24, 2.45) is 11.5 Å². The van der Waals surface area contributed by atoms with E-state index in [1.165, 1.54) is 36.7 Å². The van der Waals surface area contributed by atoms with Crippen LogP contribution in [0.5, 0.6) is 0 Å². The molecule has 3 aromatic rings. The van der Waals surface area contributed by atoms with Crippen LogP contribution >= 0.6 is 0 Å². The highest BCUT2D eigenvalue weighted by Crippen LogP contribution is 2.13. The number of primary amides is 2. The molecule has 0 spiro atoms. The number of nitrogens with two attached hydrogens (primary N) is 2. The van der Waals surface area contributed by atoms with E-state index >= 15 is 0 Å². The summed E-state index contributed by atoms with van der Waals surface area (Å²) in [5.41, 5.74) is 11.6. The summed E-state index contributed by atoms with van der Waals surface area (Å²) in [5.74, 6) is -2.26. The van der Waals surface area contributed by atoms with E-state index < -0.39 is 29.7 Å². The van der Waals surface area contributed by atoms with Gasteiger partial charge < -0.3 is 22.1 Å². The number of hydrogen-bond acceptors (Lipinski definition) is 6. The van der Waals surface area contributed by atoms with Crippen molar-refractivity contribution in [1.82, 2.24) is 20.6 Å². The summed E-state index contributed by atoms with van der Waals surface area (Å²) < 4.78 is 0. The highest BCUT2D eigenvalue weighted by atomic mass is 16.2. The minimum Gasteiger partial charge on any atom is -0.364 e. The quantitative estimate of drug-likeness (QED) is 0.405. The Balaban J connectivity index is 1.72. The molecular weight excluding hydrogens is 412 g/mol. The van der Waals surface area contributed by atoms with Gasteiger partial charge in [0.25, 0.3) is 23.6 Å². The van der Waals surface area contributed by atoms with Gasteiger partial charge in [0.15, 0.2) is 0 Å². The van der Waals surface area contributed by atoms with Gasteiger partial charge in [-0.1, -0.05) is 30.3 Å². The third kappa shape index (κ3) is 5.51. The number of rotatable bonds is 8. The van der Waals surface area contributed by atoms with Crippen LogP contribution in [-0.4, -0.2) is 40.1 Å². The lowest BCUT2D eigenvalue weighted by Gasteiger charge is -2.20. The molecule has 10 heteroatoms. The van der Waals surface area contributed by atoms with E-state index in [0.717, 1.165) is 5.56 Å². The standard InChI is InChI=1S/C22H20N6O4/c23-19(29)16-8-6-14(10-25-16)21(31)27-12-18(13-4-2-1-3-5-13)28-22(32)15-7-9-17(20(24)30)26-11-15/h1-11,18H,12H2,(H2,23,29)(H2,24,30)(H,27,31)(H,28,32)/t18-/m1/s1. The first-order chi connectivity index (χ1) is 15.3. The SMILES string of the molecule is NC(=O)c1ccc(C(=O)NC[C@@H](NC(=O)c2ccc(C(N)=O)nc2)c2ccccc2)cn1. The minimum atomic E-state index is -0.694. The van der Waals surface area contributed by atoms with Crippen LogP contribution in [0.4, 0.5) is 0 Å². The summed E-state index contributed by atoms with van der Waals surface area (Å²) in [7, 11) is 0. The molecule has 4 amide bonds. The van der Waals surface area contributed by atoms with E-state index in [-0.39, 0.29) is 29.1 Å². The molecule has 1 aromatic carbocycles. The third-order valence-electron chi connectivity index (χ3n) is 4.53. The fraction of sp³-hybridized carbons (Fsp3) is 0.0909. The fourth-order valence-electron chi connectivity index (χ4n) is 2.82. The van der Waals surface area contributed by atoms with Crippen LogP contribution in [0.2, 0.25) is 0 Å². The molecule has 0 aliphatic rings. The molecule has 0 unspecified atom stereocenters. The van der Waals surface area contributed by atoms with E-state index in [4.69, 9.17) is 11.5 Å². The van der Waals surface area contributed by atoms with Crippen molar-refractivity contribution in [2.75, 3.05) is 6.54 Å². The van der Waals surface area contributed by atoms with Crippen LogP contribution in [0.3, 0.4) is 0 Å².